The van der Waals surface area contributed by atoms with Crippen molar-refractivity contribution < 1.29 is 15.0 Å². The van der Waals surface area contributed by atoms with Crippen LogP contribution in [0.5, 0.6) is 11.5 Å². The molecule has 2 rings (SSSR count). The van der Waals surface area contributed by atoms with E-state index in [1.807, 2.05) is 0 Å². The Hall–Kier alpha value is -1.71. The van der Waals surface area contributed by atoms with Gasteiger partial charge in [-0.05, 0) is 36.0 Å². The normalized spacial score (nSPS) is 20.9. The Labute approximate surface area is 100 Å². The van der Waals surface area contributed by atoms with Gasteiger partial charge < -0.3 is 15.5 Å². The van der Waals surface area contributed by atoms with Gasteiger partial charge >= 0.3 is 0 Å². The number of benzene rings is 1. The number of hydrogen-bond acceptors (Lipinski definition) is 3. The number of carbonyl (C=O) groups excluding carboxylic acids is 1. The van der Waals surface area contributed by atoms with Crippen LogP contribution in [0.3, 0.4) is 0 Å². The summed E-state index contributed by atoms with van der Waals surface area (Å²) >= 11 is 0. The van der Waals surface area contributed by atoms with E-state index in [1.165, 1.54) is 18.2 Å². The Morgan fingerprint density at radius 1 is 1.41 bits per heavy atom. The molecule has 0 heterocycles. The standard InChI is InChI=1S/C13H17NO3/c1-13(2)6-9(13)7-14-12(17)8-3-4-10(15)11(16)5-8/h3-5,9,15-16H,6-7H2,1-2H3,(H,14,17). The molecule has 0 saturated heterocycles. The Bertz CT molecular complexity index is 454. The number of aromatic hydroxyl groups is 2. The fourth-order valence-electron chi connectivity index (χ4n) is 1.91. The van der Waals surface area contributed by atoms with Gasteiger partial charge in [0.15, 0.2) is 11.5 Å². The van der Waals surface area contributed by atoms with Gasteiger partial charge in [-0.2, -0.15) is 0 Å². The molecule has 0 spiro atoms. The van der Waals surface area contributed by atoms with Crippen LogP contribution < -0.4 is 5.32 Å². The molecule has 1 aromatic carbocycles. The highest BCUT2D eigenvalue weighted by molar-refractivity contribution is 5.94. The highest BCUT2D eigenvalue weighted by Gasteiger charge is 2.45. The van der Waals surface area contributed by atoms with E-state index in [1.54, 1.807) is 0 Å². The molecule has 1 atom stereocenters. The summed E-state index contributed by atoms with van der Waals surface area (Å²) in [5.74, 6) is -0.172. The summed E-state index contributed by atoms with van der Waals surface area (Å²) in [7, 11) is 0. The smallest absolute Gasteiger partial charge is 0.251 e. The Morgan fingerprint density at radius 2 is 2.06 bits per heavy atom. The number of amides is 1. The topological polar surface area (TPSA) is 69.6 Å². The SMILES string of the molecule is CC1(C)CC1CNC(=O)c1ccc(O)c(O)c1. The van der Waals surface area contributed by atoms with Crippen LogP contribution in [0.4, 0.5) is 0 Å². The summed E-state index contributed by atoms with van der Waals surface area (Å²) < 4.78 is 0. The van der Waals surface area contributed by atoms with Gasteiger partial charge in [-0.3, -0.25) is 4.79 Å². The summed E-state index contributed by atoms with van der Waals surface area (Å²) in [5, 5.41) is 21.3. The zero-order valence-corrected chi connectivity index (χ0v) is 10.0. The fourth-order valence-corrected chi connectivity index (χ4v) is 1.91. The first kappa shape index (κ1) is 11.8. The summed E-state index contributed by atoms with van der Waals surface area (Å²) in [6.45, 7) is 5.01. The lowest BCUT2D eigenvalue weighted by Crippen LogP contribution is -2.26. The van der Waals surface area contributed by atoms with Gasteiger partial charge in [0.05, 0.1) is 0 Å². The molecule has 0 aliphatic heterocycles. The summed E-state index contributed by atoms with van der Waals surface area (Å²) in [6.07, 6.45) is 1.13. The van der Waals surface area contributed by atoms with Crippen LogP contribution >= 0.6 is 0 Å². The molecule has 0 bridgehead atoms. The molecule has 92 valence electrons. The highest BCUT2D eigenvalue weighted by Crippen LogP contribution is 2.50. The molecule has 1 unspecified atom stereocenters. The molecule has 1 amide bonds. The van der Waals surface area contributed by atoms with Crippen molar-refractivity contribution in [3.8, 4) is 11.5 Å². The molecule has 17 heavy (non-hydrogen) atoms. The second-order valence-corrected chi connectivity index (χ2v) is 5.30. The monoisotopic (exact) mass is 235 g/mol. The first-order chi connectivity index (χ1) is 7.90. The lowest BCUT2D eigenvalue weighted by Gasteiger charge is -2.07. The van der Waals surface area contributed by atoms with Crippen molar-refractivity contribution in [2.75, 3.05) is 6.54 Å². The average Bonchev–Trinajstić information content (AvgIpc) is 2.87. The molecule has 4 heteroatoms. The van der Waals surface area contributed by atoms with Crippen molar-refractivity contribution in [2.45, 2.75) is 20.3 Å². The number of phenolic OH excluding ortho intramolecular Hbond substituents is 2. The van der Waals surface area contributed by atoms with Crippen molar-refractivity contribution in [3.05, 3.63) is 23.8 Å². The van der Waals surface area contributed by atoms with Crippen LogP contribution in [0.2, 0.25) is 0 Å². The van der Waals surface area contributed by atoms with Crippen molar-refractivity contribution in [3.63, 3.8) is 0 Å². The average molecular weight is 235 g/mol. The van der Waals surface area contributed by atoms with Gasteiger partial charge in [0.25, 0.3) is 5.91 Å². The molecule has 1 saturated carbocycles. The van der Waals surface area contributed by atoms with E-state index in [4.69, 9.17) is 5.11 Å². The van der Waals surface area contributed by atoms with E-state index in [0.29, 0.717) is 23.4 Å². The first-order valence-electron chi connectivity index (χ1n) is 5.70. The largest absolute Gasteiger partial charge is 0.504 e. The minimum Gasteiger partial charge on any atom is -0.504 e. The lowest BCUT2D eigenvalue weighted by atomic mass is 10.1. The van der Waals surface area contributed by atoms with Crippen LogP contribution in [-0.4, -0.2) is 22.7 Å². The third-order valence-corrected chi connectivity index (χ3v) is 3.46. The molecule has 0 aromatic heterocycles. The van der Waals surface area contributed by atoms with Crippen LogP contribution in [0.1, 0.15) is 30.6 Å². The van der Waals surface area contributed by atoms with Gasteiger partial charge in [0.1, 0.15) is 0 Å². The van der Waals surface area contributed by atoms with Crippen molar-refractivity contribution in [1.29, 1.82) is 0 Å². The molecule has 4 nitrogen and oxygen atoms in total. The van der Waals surface area contributed by atoms with Crippen molar-refractivity contribution >= 4 is 5.91 Å². The summed E-state index contributed by atoms with van der Waals surface area (Å²) in [6, 6.07) is 4.07. The predicted octanol–water partition coefficient (Wildman–Crippen LogP) is 1.87. The lowest BCUT2D eigenvalue weighted by molar-refractivity contribution is 0.0950. The number of rotatable bonds is 3. The Morgan fingerprint density at radius 3 is 2.59 bits per heavy atom. The van der Waals surface area contributed by atoms with Gasteiger partial charge in [-0.25, -0.2) is 0 Å². The molecular formula is C13H17NO3. The fraction of sp³-hybridized carbons (Fsp3) is 0.462. The molecule has 1 aliphatic carbocycles. The Kier molecular flexibility index (Phi) is 2.73. The van der Waals surface area contributed by atoms with E-state index in [9.17, 15) is 9.90 Å². The molecular weight excluding hydrogens is 218 g/mol. The highest BCUT2D eigenvalue weighted by atomic mass is 16.3. The second-order valence-electron chi connectivity index (χ2n) is 5.30. The molecule has 1 aliphatic rings. The van der Waals surface area contributed by atoms with Gasteiger partial charge in [-0.15, -0.1) is 0 Å². The van der Waals surface area contributed by atoms with E-state index in [2.05, 4.69) is 19.2 Å². The summed E-state index contributed by atoms with van der Waals surface area (Å²) in [4.78, 5) is 11.7. The predicted molar refractivity (Wildman–Crippen MR) is 64.0 cm³/mol. The molecule has 1 fully saturated rings. The van der Waals surface area contributed by atoms with Crippen molar-refractivity contribution in [1.82, 2.24) is 5.32 Å². The van der Waals surface area contributed by atoms with E-state index in [0.717, 1.165) is 6.42 Å². The zero-order chi connectivity index (χ0) is 12.6. The number of phenols is 2. The maximum Gasteiger partial charge on any atom is 0.251 e. The van der Waals surface area contributed by atoms with E-state index >= 15 is 0 Å². The number of carbonyl (C=O) groups is 1. The van der Waals surface area contributed by atoms with Gasteiger partial charge in [0.2, 0.25) is 0 Å². The quantitative estimate of drug-likeness (QED) is 0.700. The third-order valence-electron chi connectivity index (χ3n) is 3.46. The minimum atomic E-state index is -0.274. The Balaban J connectivity index is 1.93. The number of nitrogens with one attached hydrogen (secondary N) is 1. The van der Waals surface area contributed by atoms with Gasteiger partial charge in [-0.1, -0.05) is 13.8 Å². The first-order valence-corrected chi connectivity index (χ1v) is 5.70. The van der Waals surface area contributed by atoms with Crippen LogP contribution in [0.25, 0.3) is 0 Å². The molecule has 3 N–H and O–H groups in total. The second kappa shape index (κ2) is 3.95. The van der Waals surface area contributed by atoms with Crippen LogP contribution in [0, 0.1) is 11.3 Å². The molecule has 1 aromatic rings. The third kappa shape index (κ3) is 2.52. The maximum absolute atomic E-state index is 11.7. The van der Waals surface area contributed by atoms with Crippen LogP contribution in [0.15, 0.2) is 18.2 Å². The van der Waals surface area contributed by atoms with Crippen molar-refractivity contribution in [2.24, 2.45) is 11.3 Å². The minimum absolute atomic E-state index is 0.218. The van der Waals surface area contributed by atoms with E-state index < -0.39 is 0 Å². The number of hydrogen-bond donors (Lipinski definition) is 3. The summed E-state index contributed by atoms with van der Waals surface area (Å²) in [5.41, 5.74) is 0.698. The van der Waals surface area contributed by atoms with Crippen LogP contribution in [-0.2, 0) is 0 Å². The molecule has 0 radical (unpaired) electrons. The maximum atomic E-state index is 11.7. The van der Waals surface area contributed by atoms with E-state index in [-0.39, 0.29) is 17.4 Å². The van der Waals surface area contributed by atoms with Gasteiger partial charge in [0, 0.05) is 12.1 Å². The zero-order valence-electron chi connectivity index (χ0n) is 10.0.